The summed E-state index contributed by atoms with van der Waals surface area (Å²) in [5.74, 6) is -1.66. The van der Waals surface area contributed by atoms with E-state index in [0.29, 0.717) is 10.6 Å². The lowest BCUT2D eigenvalue weighted by Crippen LogP contribution is -2.10. The van der Waals surface area contributed by atoms with Gasteiger partial charge in [0, 0.05) is 16.1 Å². The molecule has 106 valence electrons. The summed E-state index contributed by atoms with van der Waals surface area (Å²) in [5, 5.41) is 20.3. The number of carbonyl (C=O) groups is 1. The normalized spacial score (nSPS) is 11.7. The number of Topliss-reactive ketones (excluding diaryl/α,β-unsaturated/α-hetero) is 1. The Labute approximate surface area is 133 Å². The number of carbonyl (C=O) groups excluding carboxylic acids is 1. The minimum Gasteiger partial charge on any atom is -0.291 e. The first-order valence-electron chi connectivity index (χ1n) is 5.57. The van der Waals surface area contributed by atoms with Gasteiger partial charge in [0.15, 0.2) is 5.78 Å². The molecule has 2 aromatic rings. The molecule has 1 heterocycles. The van der Waals surface area contributed by atoms with Crippen LogP contribution in [-0.4, -0.2) is 10.7 Å². The van der Waals surface area contributed by atoms with Crippen LogP contribution >= 0.6 is 34.5 Å². The first-order chi connectivity index (χ1) is 9.93. The second-order valence-electron chi connectivity index (χ2n) is 3.99. The molecule has 2 rings (SSSR count). The topological polar surface area (TPSA) is 84.0 Å². The zero-order chi connectivity index (χ0) is 15.6. The molecule has 0 amide bonds. The fraction of sp³-hybridized carbons (Fsp3) is 0.0769. The molecule has 0 radical (unpaired) electrons. The summed E-state index contributed by atoms with van der Waals surface area (Å²) >= 11 is 12.5. The van der Waals surface area contributed by atoms with Crippen molar-refractivity contribution in [2.75, 3.05) is 0 Å². The van der Waals surface area contributed by atoms with Crippen LogP contribution in [0.3, 0.4) is 0 Å². The first-order valence-corrected chi connectivity index (χ1v) is 7.14. The van der Waals surface area contributed by atoms with Crippen LogP contribution in [0.5, 0.6) is 0 Å². The van der Waals surface area contributed by atoms with E-state index in [9.17, 15) is 20.2 Å². The molecule has 21 heavy (non-hydrogen) atoms. The van der Waals surface area contributed by atoms with E-state index in [-0.39, 0.29) is 14.9 Å². The van der Waals surface area contributed by atoms with E-state index in [2.05, 4.69) is 0 Å². The lowest BCUT2D eigenvalue weighted by atomic mass is 9.95. The standard InChI is InChI=1S/C13H6Cl2N2O3S/c14-7-1-2-8(10(15)5-7)9(6-16)13(18)11-3-4-12(21-11)17(19)20/h1-5,9H. The molecule has 0 spiro atoms. The average molecular weight is 341 g/mol. The maximum atomic E-state index is 12.3. The highest BCUT2D eigenvalue weighted by Gasteiger charge is 2.26. The van der Waals surface area contributed by atoms with Gasteiger partial charge in [-0.3, -0.25) is 14.9 Å². The predicted octanol–water partition coefficient (Wildman–Crippen LogP) is 4.45. The van der Waals surface area contributed by atoms with Gasteiger partial charge in [-0.05, 0) is 23.8 Å². The van der Waals surface area contributed by atoms with E-state index < -0.39 is 16.6 Å². The molecule has 5 nitrogen and oxygen atoms in total. The Morgan fingerprint density at radius 3 is 2.57 bits per heavy atom. The molecular weight excluding hydrogens is 335 g/mol. The molecule has 0 aliphatic heterocycles. The van der Waals surface area contributed by atoms with Crippen LogP contribution in [0, 0.1) is 21.4 Å². The molecule has 8 heteroatoms. The van der Waals surface area contributed by atoms with Gasteiger partial charge < -0.3 is 0 Å². The number of halogens is 2. The lowest BCUT2D eigenvalue weighted by molar-refractivity contribution is -0.380. The third-order valence-electron chi connectivity index (χ3n) is 2.68. The third-order valence-corrected chi connectivity index (χ3v) is 4.29. The highest BCUT2D eigenvalue weighted by atomic mass is 35.5. The summed E-state index contributed by atoms with van der Waals surface area (Å²) in [6, 6.07) is 8.90. The molecule has 0 aliphatic rings. The number of thiophene rings is 1. The van der Waals surface area contributed by atoms with Crippen LogP contribution in [-0.2, 0) is 0 Å². The number of nitro groups is 1. The van der Waals surface area contributed by atoms with Gasteiger partial charge in [0.25, 0.3) is 0 Å². The van der Waals surface area contributed by atoms with Crippen molar-refractivity contribution in [3.8, 4) is 6.07 Å². The van der Waals surface area contributed by atoms with Gasteiger partial charge in [-0.25, -0.2) is 0 Å². The van der Waals surface area contributed by atoms with Gasteiger partial charge in [-0.1, -0.05) is 40.6 Å². The second kappa shape index (κ2) is 6.22. The number of benzene rings is 1. The van der Waals surface area contributed by atoms with Crippen molar-refractivity contribution in [1.29, 1.82) is 5.26 Å². The Bertz CT molecular complexity index is 767. The highest BCUT2D eigenvalue weighted by molar-refractivity contribution is 7.17. The van der Waals surface area contributed by atoms with Gasteiger partial charge in [-0.2, -0.15) is 5.26 Å². The van der Waals surface area contributed by atoms with Crippen LogP contribution in [0.2, 0.25) is 10.0 Å². The minimum atomic E-state index is -1.13. The number of rotatable bonds is 4. The van der Waals surface area contributed by atoms with Crippen molar-refractivity contribution in [1.82, 2.24) is 0 Å². The zero-order valence-electron chi connectivity index (χ0n) is 10.2. The smallest absolute Gasteiger partial charge is 0.291 e. The fourth-order valence-electron chi connectivity index (χ4n) is 1.71. The van der Waals surface area contributed by atoms with Gasteiger partial charge in [0.1, 0.15) is 5.92 Å². The van der Waals surface area contributed by atoms with Crippen LogP contribution in [0.25, 0.3) is 0 Å². The Morgan fingerprint density at radius 1 is 1.33 bits per heavy atom. The number of ketones is 1. The Hall–Kier alpha value is -1.94. The van der Waals surface area contributed by atoms with Crippen LogP contribution in [0.4, 0.5) is 5.00 Å². The van der Waals surface area contributed by atoms with Crippen LogP contribution < -0.4 is 0 Å². The summed E-state index contributed by atoms with van der Waals surface area (Å²) in [6.45, 7) is 0. The molecule has 0 fully saturated rings. The average Bonchev–Trinajstić information content (AvgIpc) is 2.91. The monoisotopic (exact) mass is 340 g/mol. The van der Waals surface area contributed by atoms with Gasteiger partial charge in [0.05, 0.1) is 15.9 Å². The second-order valence-corrected chi connectivity index (χ2v) is 5.89. The predicted molar refractivity (Wildman–Crippen MR) is 80.1 cm³/mol. The van der Waals surface area contributed by atoms with E-state index >= 15 is 0 Å². The summed E-state index contributed by atoms with van der Waals surface area (Å²) in [5.41, 5.74) is 0.324. The molecule has 0 saturated heterocycles. The fourth-order valence-corrected chi connectivity index (χ4v) is 3.01. The quantitative estimate of drug-likeness (QED) is 0.467. The number of nitriles is 1. The van der Waals surface area contributed by atoms with Crippen molar-refractivity contribution >= 4 is 45.3 Å². The SMILES string of the molecule is N#CC(C(=O)c1ccc([N+](=O)[O-])s1)c1ccc(Cl)cc1Cl. The highest BCUT2D eigenvalue weighted by Crippen LogP contribution is 2.32. The summed E-state index contributed by atoms with van der Waals surface area (Å²) < 4.78 is 0. The van der Waals surface area contributed by atoms with Gasteiger partial charge in [-0.15, -0.1) is 0 Å². The Morgan fingerprint density at radius 2 is 2.05 bits per heavy atom. The maximum absolute atomic E-state index is 12.3. The van der Waals surface area contributed by atoms with E-state index in [1.165, 1.54) is 30.3 Å². The van der Waals surface area contributed by atoms with Crippen molar-refractivity contribution in [3.05, 3.63) is 60.9 Å². The molecular formula is C13H6Cl2N2O3S. The molecule has 1 unspecified atom stereocenters. The Kier molecular flexibility index (Phi) is 4.58. The number of hydrogen-bond donors (Lipinski definition) is 0. The lowest BCUT2D eigenvalue weighted by Gasteiger charge is -2.09. The largest absolute Gasteiger partial charge is 0.324 e. The molecule has 1 aromatic carbocycles. The minimum absolute atomic E-state index is 0.138. The van der Waals surface area contributed by atoms with Crippen LogP contribution in [0.1, 0.15) is 21.2 Å². The van der Waals surface area contributed by atoms with Crippen molar-refractivity contribution < 1.29 is 9.72 Å². The maximum Gasteiger partial charge on any atom is 0.324 e. The van der Waals surface area contributed by atoms with Gasteiger partial charge in [0.2, 0.25) is 0 Å². The third kappa shape index (κ3) is 3.22. The van der Waals surface area contributed by atoms with E-state index in [0.717, 1.165) is 11.3 Å². The van der Waals surface area contributed by atoms with E-state index in [1.807, 2.05) is 6.07 Å². The van der Waals surface area contributed by atoms with Crippen molar-refractivity contribution in [2.45, 2.75) is 5.92 Å². The first kappa shape index (κ1) is 15.4. The molecule has 0 saturated carbocycles. The number of nitrogens with zero attached hydrogens (tertiary/aromatic N) is 2. The van der Waals surface area contributed by atoms with E-state index in [1.54, 1.807) is 0 Å². The van der Waals surface area contributed by atoms with Crippen molar-refractivity contribution in [3.63, 3.8) is 0 Å². The molecule has 1 atom stereocenters. The Balaban J connectivity index is 2.38. The van der Waals surface area contributed by atoms with E-state index in [4.69, 9.17) is 23.2 Å². The summed E-state index contributed by atoms with van der Waals surface area (Å²) in [7, 11) is 0. The van der Waals surface area contributed by atoms with Gasteiger partial charge >= 0.3 is 5.00 Å². The number of hydrogen-bond acceptors (Lipinski definition) is 5. The molecule has 0 aliphatic carbocycles. The molecule has 0 bridgehead atoms. The summed E-state index contributed by atoms with van der Waals surface area (Å²) in [6.07, 6.45) is 0. The van der Waals surface area contributed by atoms with Crippen LogP contribution in [0.15, 0.2) is 30.3 Å². The summed E-state index contributed by atoms with van der Waals surface area (Å²) in [4.78, 5) is 22.5. The molecule has 0 N–H and O–H groups in total. The van der Waals surface area contributed by atoms with Crippen molar-refractivity contribution in [2.24, 2.45) is 0 Å². The molecule has 1 aromatic heterocycles. The zero-order valence-corrected chi connectivity index (χ0v) is 12.6.